The van der Waals surface area contributed by atoms with Crippen molar-refractivity contribution < 1.29 is 4.79 Å². The highest BCUT2D eigenvalue weighted by Crippen LogP contribution is 2.13. The van der Waals surface area contributed by atoms with Crippen molar-refractivity contribution in [2.75, 3.05) is 59.4 Å². The van der Waals surface area contributed by atoms with Crippen molar-refractivity contribution in [3.8, 4) is 0 Å². The van der Waals surface area contributed by atoms with E-state index in [1.54, 1.807) is 11.3 Å². The molecule has 0 unspecified atom stereocenters. The molecule has 3 rings (SSSR count). The van der Waals surface area contributed by atoms with Gasteiger partial charge in [-0.15, -0.1) is 11.3 Å². The highest BCUT2D eigenvalue weighted by Gasteiger charge is 2.24. The fourth-order valence-corrected chi connectivity index (χ4v) is 4.48. The lowest BCUT2D eigenvalue weighted by Gasteiger charge is -2.36. The molecule has 1 amide bonds. The Labute approximate surface area is 166 Å². The number of guanidine groups is 1. The Balaban J connectivity index is 1.38. The number of thiazole rings is 1. The number of hydrogen-bond acceptors (Lipinski definition) is 5. The highest BCUT2D eigenvalue weighted by atomic mass is 32.1. The number of aromatic nitrogens is 1. The van der Waals surface area contributed by atoms with Crippen LogP contribution in [0, 0.1) is 0 Å². The van der Waals surface area contributed by atoms with Crippen molar-refractivity contribution in [3.63, 3.8) is 0 Å². The van der Waals surface area contributed by atoms with Crippen LogP contribution in [-0.4, -0.2) is 91.0 Å². The van der Waals surface area contributed by atoms with Gasteiger partial charge in [0.2, 0.25) is 5.91 Å². The molecule has 0 spiro atoms. The molecule has 1 N–H and O–H groups in total. The van der Waals surface area contributed by atoms with Crippen LogP contribution < -0.4 is 5.32 Å². The second-order valence-corrected chi connectivity index (χ2v) is 8.35. The number of hydrogen-bond donors (Lipinski definition) is 1. The van der Waals surface area contributed by atoms with Gasteiger partial charge in [-0.05, 0) is 19.3 Å². The van der Waals surface area contributed by atoms with Gasteiger partial charge in [-0.3, -0.25) is 14.7 Å². The summed E-state index contributed by atoms with van der Waals surface area (Å²) in [5.41, 5.74) is 0. The molecule has 0 saturated carbocycles. The molecule has 0 aromatic carbocycles. The number of piperazine rings is 1. The molecule has 2 aliphatic heterocycles. The maximum atomic E-state index is 12.3. The molecule has 8 heteroatoms. The predicted octanol–water partition coefficient (Wildman–Crippen LogP) is 1.06. The van der Waals surface area contributed by atoms with Crippen LogP contribution in [0.15, 0.2) is 11.2 Å². The Hall–Kier alpha value is -1.67. The van der Waals surface area contributed by atoms with Crippen LogP contribution in [-0.2, 0) is 17.6 Å². The van der Waals surface area contributed by atoms with Gasteiger partial charge in [0.25, 0.3) is 0 Å². The maximum Gasteiger partial charge on any atom is 0.236 e. The van der Waals surface area contributed by atoms with Gasteiger partial charge < -0.3 is 15.1 Å². The molecular weight excluding hydrogens is 360 g/mol. The monoisotopic (exact) mass is 392 g/mol. The Bertz CT molecular complexity index is 632. The van der Waals surface area contributed by atoms with Crippen LogP contribution in [0.1, 0.15) is 29.7 Å². The molecule has 3 heterocycles. The molecule has 2 saturated heterocycles. The zero-order chi connectivity index (χ0) is 19.1. The molecule has 2 fully saturated rings. The first-order chi connectivity index (χ1) is 13.2. The molecule has 0 radical (unpaired) electrons. The molecule has 7 nitrogen and oxygen atoms in total. The van der Waals surface area contributed by atoms with Gasteiger partial charge in [0.1, 0.15) is 0 Å². The van der Waals surface area contributed by atoms with E-state index in [4.69, 9.17) is 0 Å². The highest BCUT2D eigenvalue weighted by molar-refractivity contribution is 7.11. The van der Waals surface area contributed by atoms with Gasteiger partial charge in [0, 0.05) is 70.4 Å². The molecule has 2 aliphatic rings. The van der Waals surface area contributed by atoms with E-state index in [0.717, 1.165) is 77.5 Å². The lowest BCUT2D eigenvalue weighted by Crippen LogP contribution is -2.54. The second kappa shape index (κ2) is 10.0. The Kier molecular flexibility index (Phi) is 7.46. The van der Waals surface area contributed by atoms with E-state index in [1.165, 1.54) is 9.88 Å². The van der Waals surface area contributed by atoms with Crippen molar-refractivity contribution in [3.05, 3.63) is 16.1 Å². The zero-order valence-electron chi connectivity index (χ0n) is 16.6. The van der Waals surface area contributed by atoms with Gasteiger partial charge in [-0.2, -0.15) is 0 Å². The summed E-state index contributed by atoms with van der Waals surface area (Å²) in [5, 5.41) is 4.64. The van der Waals surface area contributed by atoms with E-state index in [9.17, 15) is 4.79 Å². The summed E-state index contributed by atoms with van der Waals surface area (Å²) in [6.07, 6.45) is 6.27. The third-order valence-electron chi connectivity index (χ3n) is 5.27. The lowest BCUT2D eigenvalue weighted by atomic mass is 10.3. The number of carbonyl (C=O) groups is 1. The predicted molar refractivity (Wildman–Crippen MR) is 110 cm³/mol. The summed E-state index contributed by atoms with van der Waals surface area (Å²) in [5.74, 6) is 1.24. The minimum Gasteiger partial charge on any atom is -0.356 e. The second-order valence-electron chi connectivity index (χ2n) is 7.15. The van der Waals surface area contributed by atoms with Crippen LogP contribution in [0.25, 0.3) is 0 Å². The quantitative estimate of drug-likeness (QED) is 0.579. The topological polar surface area (TPSA) is 64.1 Å². The van der Waals surface area contributed by atoms with Gasteiger partial charge in [0.15, 0.2) is 5.96 Å². The molecular formula is C19H32N6OS. The van der Waals surface area contributed by atoms with Crippen LogP contribution >= 0.6 is 11.3 Å². The Morgan fingerprint density at radius 2 is 1.93 bits per heavy atom. The maximum absolute atomic E-state index is 12.3. The first kappa shape index (κ1) is 20.1. The van der Waals surface area contributed by atoms with Crippen LogP contribution in [0.3, 0.4) is 0 Å². The number of aryl methyl sites for hydroxylation is 1. The first-order valence-electron chi connectivity index (χ1n) is 10.1. The number of nitrogens with zero attached hydrogens (tertiary/aromatic N) is 5. The number of rotatable bonds is 6. The van der Waals surface area contributed by atoms with Crippen molar-refractivity contribution in [2.24, 2.45) is 4.99 Å². The number of amides is 1. The molecule has 27 heavy (non-hydrogen) atoms. The van der Waals surface area contributed by atoms with Gasteiger partial charge in [-0.25, -0.2) is 4.98 Å². The van der Waals surface area contributed by atoms with Crippen LogP contribution in [0.4, 0.5) is 0 Å². The van der Waals surface area contributed by atoms with Crippen molar-refractivity contribution in [2.45, 2.75) is 32.6 Å². The van der Waals surface area contributed by atoms with Crippen molar-refractivity contribution >= 4 is 23.2 Å². The fourth-order valence-electron chi connectivity index (χ4n) is 3.62. The normalized spacial score (nSPS) is 19.0. The lowest BCUT2D eigenvalue weighted by molar-refractivity contribution is -0.131. The standard InChI is InChI=1S/C19H32N6OS/c1-3-16-14-22-17(27-16)6-7-21-19(20-2)25-12-10-23(11-13-25)15-18(26)24-8-4-5-9-24/h14H,3-13,15H2,1-2H3,(H,20,21). The summed E-state index contributed by atoms with van der Waals surface area (Å²) in [6.45, 7) is 9.08. The minimum absolute atomic E-state index is 0.290. The molecule has 0 aliphatic carbocycles. The smallest absolute Gasteiger partial charge is 0.236 e. The van der Waals surface area contributed by atoms with Crippen molar-refractivity contribution in [1.82, 2.24) is 25.0 Å². The van der Waals surface area contributed by atoms with E-state index < -0.39 is 0 Å². The molecule has 150 valence electrons. The number of nitrogens with one attached hydrogen (secondary N) is 1. The summed E-state index contributed by atoms with van der Waals surface area (Å²) in [7, 11) is 1.84. The average Bonchev–Trinajstić information content (AvgIpc) is 3.38. The zero-order valence-corrected chi connectivity index (χ0v) is 17.4. The van der Waals surface area contributed by atoms with Crippen LogP contribution in [0.5, 0.6) is 0 Å². The van der Waals surface area contributed by atoms with Gasteiger partial charge >= 0.3 is 0 Å². The molecule has 0 bridgehead atoms. The summed E-state index contributed by atoms with van der Waals surface area (Å²) in [4.78, 5) is 29.1. The Morgan fingerprint density at radius 3 is 2.56 bits per heavy atom. The molecule has 0 atom stereocenters. The third-order valence-corrected chi connectivity index (χ3v) is 6.47. The fraction of sp³-hybridized carbons (Fsp3) is 0.737. The van der Waals surface area contributed by atoms with Gasteiger partial charge in [-0.1, -0.05) is 6.92 Å². The number of likely N-dealkylation sites (tertiary alicyclic amines) is 1. The summed E-state index contributed by atoms with van der Waals surface area (Å²) in [6, 6.07) is 0. The van der Waals surface area contributed by atoms with E-state index in [0.29, 0.717) is 12.5 Å². The third kappa shape index (κ3) is 5.65. The first-order valence-corrected chi connectivity index (χ1v) is 10.9. The average molecular weight is 393 g/mol. The van der Waals surface area contributed by atoms with Crippen molar-refractivity contribution in [1.29, 1.82) is 0 Å². The molecule has 1 aromatic heterocycles. The number of carbonyl (C=O) groups excluding carboxylic acids is 1. The minimum atomic E-state index is 0.290. The molecule has 1 aromatic rings. The van der Waals surface area contributed by atoms with E-state index >= 15 is 0 Å². The van der Waals surface area contributed by atoms with E-state index in [1.807, 2.05) is 18.1 Å². The van der Waals surface area contributed by atoms with E-state index in [-0.39, 0.29) is 0 Å². The van der Waals surface area contributed by atoms with Gasteiger partial charge in [0.05, 0.1) is 11.6 Å². The largest absolute Gasteiger partial charge is 0.356 e. The SMILES string of the molecule is CCc1cnc(CCNC(=NC)N2CCN(CC(=O)N3CCCC3)CC2)s1. The van der Waals surface area contributed by atoms with E-state index in [2.05, 4.69) is 32.0 Å². The number of aliphatic imine (C=N–C) groups is 1. The Morgan fingerprint density at radius 1 is 1.19 bits per heavy atom. The summed E-state index contributed by atoms with van der Waals surface area (Å²) >= 11 is 1.80. The van der Waals surface area contributed by atoms with Crippen LogP contribution in [0.2, 0.25) is 0 Å². The summed E-state index contributed by atoms with van der Waals surface area (Å²) < 4.78 is 0.